The number of aryl methyl sites for hydroxylation is 2. The molecule has 0 aromatic carbocycles. The summed E-state index contributed by atoms with van der Waals surface area (Å²) in [6, 6.07) is 0.442. The Kier molecular flexibility index (Phi) is 7.26. The van der Waals surface area contributed by atoms with E-state index in [9.17, 15) is 0 Å². The van der Waals surface area contributed by atoms with E-state index in [0.717, 1.165) is 35.1 Å². The Hall–Kier alpha value is -0.190. The molecule has 110 valence electrons. The molecular formula is C14H26ClN3S. The van der Waals surface area contributed by atoms with Gasteiger partial charge in [-0.1, -0.05) is 25.4 Å². The maximum atomic E-state index is 6.37. The van der Waals surface area contributed by atoms with E-state index >= 15 is 0 Å². The van der Waals surface area contributed by atoms with Crippen molar-refractivity contribution in [2.75, 3.05) is 12.8 Å². The van der Waals surface area contributed by atoms with E-state index in [4.69, 9.17) is 11.6 Å². The normalized spacial score (nSPS) is 14.6. The molecule has 0 aliphatic heterocycles. The largest absolute Gasteiger partial charge is 0.316 e. The lowest BCUT2D eigenvalue weighted by Crippen LogP contribution is -2.31. The molecule has 0 radical (unpaired) electrons. The van der Waals surface area contributed by atoms with Gasteiger partial charge in [0.05, 0.1) is 16.4 Å². The first-order chi connectivity index (χ1) is 9.03. The first-order valence-corrected chi connectivity index (χ1v) is 8.46. The minimum absolute atomic E-state index is 0.442. The fraction of sp³-hybridized carbons (Fsp3) is 0.786. The third kappa shape index (κ3) is 4.69. The molecule has 0 fully saturated rings. The summed E-state index contributed by atoms with van der Waals surface area (Å²) in [4.78, 5) is 0. The molecule has 19 heavy (non-hydrogen) atoms. The standard InChI is InChI=1S/C14H26ClN3S/c1-6-10(3)19-9-12(16-5)8-13-14(15)11(4)17-18(13)7-2/h10,12,16H,6-9H2,1-5H3. The minimum Gasteiger partial charge on any atom is -0.316 e. The lowest BCUT2D eigenvalue weighted by atomic mass is 10.1. The first-order valence-electron chi connectivity index (χ1n) is 7.04. The van der Waals surface area contributed by atoms with Crippen molar-refractivity contribution in [3.8, 4) is 0 Å². The van der Waals surface area contributed by atoms with Crippen molar-refractivity contribution in [3.05, 3.63) is 16.4 Å². The maximum Gasteiger partial charge on any atom is 0.0847 e. The molecule has 0 aliphatic rings. The van der Waals surface area contributed by atoms with Crippen LogP contribution in [0.4, 0.5) is 0 Å². The Morgan fingerprint density at radius 2 is 2.11 bits per heavy atom. The van der Waals surface area contributed by atoms with Crippen LogP contribution in [0.5, 0.6) is 0 Å². The molecule has 1 aromatic rings. The summed E-state index contributed by atoms with van der Waals surface area (Å²) in [6.45, 7) is 9.47. The van der Waals surface area contributed by atoms with Crippen LogP contribution in [0.3, 0.4) is 0 Å². The Morgan fingerprint density at radius 3 is 2.63 bits per heavy atom. The summed E-state index contributed by atoms with van der Waals surface area (Å²) < 4.78 is 2.02. The zero-order valence-corrected chi connectivity index (χ0v) is 14.2. The molecule has 5 heteroatoms. The molecule has 0 amide bonds. The van der Waals surface area contributed by atoms with Crippen LogP contribution in [0.15, 0.2) is 0 Å². The van der Waals surface area contributed by atoms with Gasteiger partial charge in [-0.05, 0) is 27.3 Å². The second kappa shape index (κ2) is 8.18. The maximum absolute atomic E-state index is 6.37. The predicted octanol–water partition coefficient (Wildman–Crippen LogP) is 3.53. The number of aromatic nitrogens is 2. The van der Waals surface area contributed by atoms with Crippen molar-refractivity contribution in [1.29, 1.82) is 0 Å². The quantitative estimate of drug-likeness (QED) is 0.797. The number of nitrogens with one attached hydrogen (secondary N) is 1. The van der Waals surface area contributed by atoms with Crippen LogP contribution in [0, 0.1) is 6.92 Å². The molecule has 0 bridgehead atoms. The monoisotopic (exact) mass is 303 g/mol. The van der Waals surface area contributed by atoms with E-state index in [0.29, 0.717) is 11.3 Å². The van der Waals surface area contributed by atoms with Gasteiger partial charge in [0.2, 0.25) is 0 Å². The number of thioether (sulfide) groups is 1. The molecule has 1 aromatic heterocycles. The van der Waals surface area contributed by atoms with Crippen LogP contribution in [-0.4, -0.2) is 33.9 Å². The molecule has 2 unspecified atom stereocenters. The van der Waals surface area contributed by atoms with Gasteiger partial charge in [0.1, 0.15) is 0 Å². The average Bonchev–Trinajstić information content (AvgIpc) is 2.69. The van der Waals surface area contributed by atoms with Gasteiger partial charge in [-0.15, -0.1) is 0 Å². The van der Waals surface area contributed by atoms with Crippen LogP contribution in [0.1, 0.15) is 38.6 Å². The van der Waals surface area contributed by atoms with E-state index in [2.05, 4.69) is 31.2 Å². The number of nitrogens with zero attached hydrogens (tertiary/aromatic N) is 2. The fourth-order valence-electron chi connectivity index (χ4n) is 1.94. The molecule has 0 saturated heterocycles. The van der Waals surface area contributed by atoms with Crippen LogP contribution in [0.25, 0.3) is 0 Å². The van der Waals surface area contributed by atoms with E-state index in [1.807, 2.05) is 30.4 Å². The van der Waals surface area contributed by atoms with E-state index < -0.39 is 0 Å². The number of hydrogen-bond acceptors (Lipinski definition) is 3. The Bertz CT molecular complexity index is 392. The highest BCUT2D eigenvalue weighted by atomic mass is 35.5. The van der Waals surface area contributed by atoms with E-state index in [1.165, 1.54) is 6.42 Å². The van der Waals surface area contributed by atoms with Gasteiger partial charge in [0, 0.05) is 30.0 Å². The van der Waals surface area contributed by atoms with Crippen molar-refractivity contribution in [2.45, 2.75) is 58.4 Å². The van der Waals surface area contributed by atoms with Crippen molar-refractivity contribution in [3.63, 3.8) is 0 Å². The minimum atomic E-state index is 0.442. The first kappa shape index (κ1) is 16.9. The Labute approximate surface area is 126 Å². The number of hydrogen-bond donors (Lipinski definition) is 1. The third-order valence-electron chi connectivity index (χ3n) is 3.46. The van der Waals surface area contributed by atoms with Gasteiger partial charge in [-0.3, -0.25) is 4.68 Å². The smallest absolute Gasteiger partial charge is 0.0847 e. The number of halogens is 1. The lowest BCUT2D eigenvalue weighted by Gasteiger charge is -2.18. The third-order valence-corrected chi connectivity index (χ3v) is 5.45. The Morgan fingerprint density at radius 1 is 1.42 bits per heavy atom. The SMILES string of the molecule is CCC(C)SCC(Cc1c(Cl)c(C)nn1CC)NC. The van der Waals surface area contributed by atoms with Gasteiger partial charge in [0.15, 0.2) is 0 Å². The van der Waals surface area contributed by atoms with E-state index in [1.54, 1.807) is 0 Å². The van der Waals surface area contributed by atoms with Crippen molar-refractivity contribution >= 4 is 23.4 Å². The van der Waals surface area contributed by atoms with Gasteiger partial charge in [-0.25, -0.2) is 0 Å². The number of rotatable bonds is 8. The van der Waals surface area contributed by atoms with Crippen LogP contribution < -0.4 is 5.32 Å². The molecule has 1 N–H and O–H groups in total. The summed E-state index contributed by atoms with van der Waals surface area (Å²) in [7, 11) is 2.02. The summed E-state index contributed by atoms with van der Waals surface area (Å²) in [6.07, 6.45) is 2.15. The zero-order chi connectivity index (χ0) is 14.4. The van der Waals surface area contributed by atoms with Crippen molar-refractivity contribution < 1.29 is 0 Å². The van der Waals surface area contributed by atoms with Gasteiger partial charge >= 0.3 is 0 Å². The molecule has 0 spiro atoms. The molecule has 1 heterocycles. The van der Waals surface area contributed by atoms with Gasteiger partial charge < -0.3 is 5.32 Å². The van der Waals surface area contributed by atoms with Crippen LogP contribution in [0.2, 0.25) is 5.02 Å². The molecule has 1 rings (SSSR count). The summed E-state index contributed by atoms with van der Waals surface area (Å²) >= 11 is 8.39. The zero-order valence-electron chi connectivity index (χ0n) is 12.7. The second-order valence-electron chi connectivity index (χ2n) is 4.90. The van der Waals surface area contributed by atoms with Crippen molar-refractivity contribution in [2.24, 2.45) is 0 Å². The second-order valence-corrected chi connectivity index (χ2v) is 6.75. The highest BCUT2D eigenvalue weighted by Gasteiger charge is 2.17. The van der Waals surface area contributed by atoms with Crippen LogP contribution in [-0.2, 0) is 13.0 Å². The Balaban J connectivity index is 2.70. The molecule has 2 atom stereocenters. The topological polar surface area (TPSA) is 29.9 Å². The average molecular weight is 304 g/mol. The molecule has 0 saturated carbocycles. The van der Waals surface area contributed by atoms with Crippen molar-refractivity contribution in [1.82, 2.24) is 15.1 Å². The predicted molar refractivity (Wildman–Crippen MR) is 86.4 cm³/mol. The van der Waals surface area contributed by atoms with Crippen LogP contribution >= 0.6 is 23.4 Å². The lowest BCUT2D eigenvalue weighted by molar-refractivity contribution is 0.556. The fourth-order valence-corrected chi connectivity index (χ4v) is 3.23. The number of likely N-dealkylation sites (N-methyl/N-ethyl adjacent to an activating group) is 1. The highest BCUT2D eigenvalue weighted by Crippen LogP contribution is 2.23. The van der Waals surface area contributed by atoms with E-state index in [-0.39, 0.29) is 0 Å². The molecule has 0 aliphatic carbocycles. The summed E-state index contributed by atoms with van der Waals surface area (Å²) in [5.41, 5.74) is 2.09. The summed E-state index contributed by atoms with van der Waals surface area (Å²) in [5.74, 6) is 1.11. The highest BCUT2D eigenvalue weighted by molar-refractivity contribution is 7.99. The molecule has 3 nitrogen and oxygen atoms in total. The van der Waals surface area contributed by atoms with Gasteiger partial charge in [0.25, 0.3) is 0 Å². The van der Waals surface area contributed by atoms with Gasteiger partial charge in [-0.2, -0.15) is 16.9 Å². The summed E-state index contributed by atoms with van der Waals surface area (Å²) in [5, 5.41) is 9.42. The molecular weight excluding hydrogens is 278 g/mol.